The van der Waals surface area contributed by atoms with Crippen LogP contribution in [0.3, 0.4) is 0 Å². The van der Waals surface area contributed by atoms with Gasteiger partial charge in [0.2, 0.25) is 0 Å². The third kappa shape index (κ3) is 7.21. The highest BCUT2D eigenvalue weighted by atomic mass is 16.3. The first-order valence-corrected chi connectivity index (χ1v) is 24.6. The number of nitrogens with zero attached hydrogens (tertiary/aromatic N) is 2. The summed E-state index contributed by atoms with van der Waals surface area (Å²) in [6.45, 7) is 2.36. The van der Waals surface area contributed by atoms with Crippen molar-refractivity contribution in [3.63, 3.8) is 0 Å². The van der Waals surface area contributed by atoms with E-state index < -0.39 is 0 Å². The molecule has 2 aliphatic rings. The van der Waals surface area contributed by atoms with Crippen LogP contribution in [0.5, 0.6) is 0 Å². The quantitative estimate of drug-likeness (QED) is 0.144. The first kappa shape index (κ1) is 41.5. The first-order valence-electron chi connectivity index (χ1n) is 24.6. The van der Waals surface area contributed by atoms with Crippen molar-refractivity contribution in [1.29, 1.82) is 0 Å². The van der Waals surface area contributed by atoms with Crippen molar-refractivity contribution in [3.8, 4) is 16.8 Å². The van der Waals surface area contributed by atoms with E-state index in [0.717, 1.165) is 57.4 Å². The Morgan fingerprint density at radius 2 is 1.06 bits per heavy atom. The van der Waals surface area contributed by atoms with Crippen LogP contribution < -0.4 is 4.90 Å². The summed E-state index contributed by atoms with van der Waals surface area (Å²) >= 11 is 0. The van der Waals surface area contributed by atoms with Crippen LogP contribution in [-0.2, 0) is 0 Å². The molecule has 0 spiro atoms. The van der Waals surface area contributed by atoms with Gasteiger partial charge < -0.3 is 13.9 Å². The minimum atomic E-state index is 0.229. The Labute approximate surface area is 408 Å². The van der Waals surface area contributed by atoms with Gasteiger partial charge in [-0.3, -0.25) is 0 Å². The van der Waals surface area contributed by atoms with E-state index in [9.17, 15) is 0 Å². The van der Waals surface area contributed by atoms with E-state index in [1.807, 2.05) is 6.07 Å². The van der Waals surface area contributed by atoms with Crippen molar-refractivity contribution in [2.45, 2.75) is 25.7 Å². The van der Waals surface area contributed by atoms with Gasteiger partial charge in [-0.25, -0.2) is 0 Å². The monoisotopic (exact) mass is 898 g/mol. The fourth-order valence-electron chi connectivity index (χ4n) is 11.2. The second-order valence-electron chi connectivity index (χ2n) is 18.8. The molecule has 2 aromatic heterocycles. The van der Waals surface area contributed by atoms with Crippen LogP contribution in [0.25, 0.3) is 77.3 Å². The lowest BCUT2D eigenvalue weighted by atomic mass is 9.80. The Balaban J connectivity index is 0.831. The molecule has 3 heteroatoms. The molecule has 0 saturated heterocycles. The average molecular weight is 899 g/mol. The number of furan rings is 1. The lowest BCUT2D eigenvalue weighted by Crippen LogP contribution is -2.12. The van der Waals surface area contributed by atoms with Gasteiger partial charge in [0.05, 0.1) is 11.0 Å². The smallest absolute Gasteiger partial charge is 0.143 e. The Morgan fingerprint density at radius 1 is 0.486 bits per heavy atom. The van der Waals surface area contributed by atoms with E-state index in [2.05, 4.69) is 259 Å². The first-order chi connectivity index (χ1) is 34.6. The molecule has 0 aliphatic heterocycles. The van der Waals surface area contributed by atoms with Crippen LogP contribution in [0.1, 0.15) is 47.9 Å². The minimum Gasteiger partial charge on any atom is -0.455 e. The number of anilines is 3. The molecule has 3 nitrogen and oxygen atoms in total. The number of allylic oxidation sites excluding steroid dienone is 8. The predicted octanol–water partition coefficient (Wildman–Crippen LogP) is 18.5. The van der Waals surface area contributed by atoms with Crippen LogP contribution in [0, 0.1) is 5.92 Å². The molecule has 0 fully saturated rings. The SMILES string of the molecule is CC1C=C(c2ccc(N(c3ccc(C4=C(c5cccc6c5oc5ccccc56)C=CCC4)cc3)c3ccc(-c4ccccc4)cc3)cc2)C=CC1c1ccccc1-n1c2ccccc2c2ccccc21. The highest BCUT2D eigenvalue weighted by molar-refractivity contribution is 6.12. The lowest BCUT2D eigenvalue weighted by Gasteiger charge is -2.28. The minimum absolute atomic E-state index is 0.229. The molecule has 334 valence electrons. The van der Waals surface area contributed by atoms with Crippen LogP contribution in [-0.4, -0.2) is 4.57 Å². The summed E-state index contributed by atoms with van der Waals surface area (Å²) in [6.07, 6.45) is 13.8. The average Bonchev–Trinajstić information content (AvgIpc) is 3.98. The fraction of sp³-hybridized carbons (Fsp3) is 0.0746. The third-order valence-electron chi connectivity index (χ3n) is 14.6. The van der Waals surface area contributed by atoms with Gasteiger partial charge in [-0.2, -0.15) is 0 Å². The molecule has 0 saturated carbocycles. The van der Waals surface area contributed by atoms with Gasteiger partial charge >= 0.3 is 0 Å². The molecule has 2 unspecified atom stereocenters. The zero-order valence-corrected chi connectivity index (χ0v) is 39.0. The fourth-order valence-corrected chi connectivity index (χ4v) is 11.2. The maximum Gasteiger partial charge on any atom is 0.143 e. The zero-order valence-electron chi connectivity index (χ0n) is 39.0. The summed E-state index contributed by atoms with van der Waals surface area (Å²) in [5.74, 6) is 0.515. The Hall–Kier alpha value is -8.66. The van der Waals surface area contributed by atoms with Crippen LogP contribution in [0.15, 0.2) is 253 Å². The summed E-state index contributed by atoms with van der Waals surface area (Å²) in [5.41, 5.74) is 20.0. The predicted molar refractivity (Wildman–Crippen MR) is 295 cm³/mol. The second kappa shape index (κ2) is 17.5. The van der Waals surface area contributed by atoms with Crippen LogP contribution in [0.4, 0.5) is 17.1 Å². The summed E-state index contributed by atoms with van der Waals surface area (Å²) in [7, 11) is 0. The van der Waals surface area contributed by atoms with E-state index in [4.69, 9.17) is 4.42 Å². The molecule has 70 heavy (non-hydrogen) atoms. The van der Waals surface area contributed by atoms with Gasteiger partial charge in [0, 0.05) is 55.8 Å². The Kier molecular flexibility index (Phi) is 10.4. The van der Waals surface area contributed by atoms with E-state index in [1.54, 1.807) is 0 Å². The van der Waals surface area contributed by atoms with E-state index in [0.29, 0.717) is 0 Å². The van der Waals surface area contributed by atoms with Crippen molar-refractivity contribution in [2.24, 2.45) is 5.92 Å². The lowest BCUT2D eigenvalue weighted by molar-refractivity contribution is 0.635. The van der Waals surface area contributed by atoms with Gasteiger partial charge in [0.15, 0.2) is 0 Å². The molecular formula is C67H50N2O. The number of para-hydroxylation sites is 5. The van der Waals surface area contributed by atoms with E-state index in [1.165, 1.54) is 72.0 Å². The molecule has 13 rings (SSSR count). The number of benzene rings is 9. The standard InChI is InChI=1S/C67H50N2O/c1-45-44-50(36-43-54(45)57-20-7-11-26-63(57)69-64-27-12-8-21-58(64)59-22-9-13-28-65(59)69)48-32-39-52(40-33-48)68(51-37-30-47(31-38-51)46-16-3-2-4-17-46)53-41-34-49(35-42-53)55-18-5-6-19-56(55)61-24-15-25-62-60-23-10-14-29-66(60)70-67(61)62/h2-4,6-17,19-45,54H,5,18H2,1H3. The van der Waals surface area contributed by atoms with Gasteiger partial charge in [-0.05, 0) is 124 Å². The summed E-state index contributed by atoms with van der Waals surface area (Å²) in [4.78, 5) is 2.38. The second-order valence-corrected chi connectivity index (χ2v) is 18.8. The van der Waals surface area contributed by atoms with E-state index >= 15 is 0 Å². The number of aromatic nitrogens is 1. The van der Waals surface area contributed by atoms with Gasteiger partial charge in [-0.1, -0.05) is 195 Å². The number of rotatable bonds is 9. The highest BCUT2D eigenvalue weighted by Crippen LogP contribution is 2.44. The van der Waals surface area contributed by atoms with Crippen molar-refractivity contribution >= 4 is 77.5 Å². The largest absolute Gasteiger partial charge is 0.455 e. The molecule has 11 aromatic rings. The molecule has 0 bridgehead atoms. The third-order valence-corrected chi connectivity index (χ3v) is 14.6. The van der Waals surface area contributed by atoms with Crippen LogP contribution >= 0.6 is 0 Å². The zero-order chi connectivity index (χ0) is 46.5. The molecule has 9 aromatic carbocycles. The number of hydrogen-bond donors (Lipinski definition) is 0. The number of hydrogen-bond acceptors (Lipinski definition) is 2. The van der Waals surface area contributed by atoms with Crippen molar-refractivity contribution in [1.82, 2.24) is 4.57 Å². The summed E-state index contributed by atoms with van der Waals surface area (Å²) in [6, 6.07) is 79.3. The molecule has 0 radical (unpaired) electrons. The van der Waals surface area contributed by atoms with Crippen molar-refractivity contribution in [3.05, 3.63) is 271 Å². The van der Waals surface area contributed by atoms with Crippen molar-refractivity contribution < 1.29 is 4.42 Å². The van der Waals surface area contributed by atoms with Gasteiger partial charge in [0.1, 0.15) is 11.2 Å². The van der Waals surface area contributed by atoms with Crippen molar-refractivity contribution in [2.75, 3.05) is 4.90 Å². The van der Waals surface area contributed by atoms with E-state index in [-0.39, 0.29) is 11.8 Å². The Morgan fingerprint density at radius 3 is 1.76 bits per heavy atom. The van der Waals surface area contributed by atoms with Gasteiger partial charge in [-0.15, -0.1) is 0 Å². The van der Waals surface area contributed by atoms with Gasteiger partial charge in [0.25, 0.3) is 0 Å². The molecule has 0 N–H and O–H groups in total. The summed E-state index contributed by atoms with van der Waals surface area (Å²) < 4.78 is 9.00. The number of fused-ring (bicyclic) bond motifs is 6. The normalized spacial score (nSPS) is 15.9. The molecule has 2 atom stereocenters. The van der Waals surface area contributed by atoms with Crippen LogP contribution in [0.2, 0.25) is 0 Å². The Bertz CT molecular complexity index is 3830. The highest BCUT2D eigenvalue weighted by Gasteiger charge is 2.25. The molecule has 0 amide bonds. The maximum atomic E-state index is 6.54. The maximum absolute atomic E-state index is 6.54. The topological polar surface area (TPSA) is 21.3 Å². The molecular weight excluding hydrogens is 849 g/mol. The molecule has 2 heterocycles. The summed E-state index contributed by atoms with van der Waals surface area (Å²) in [5, 5.41) is 4.87. The molecule has 2 aliphatic carbocycles.